The lowest BCUT2D eigenvalue weighted by Gasteiger charge is -2.17. The molecule has 2 heterocycles. The second kappa shape index (κ2) is 7.81. The van der Waals surface area contributed by atoms with Gasteiger partial charge in [-0.15, -0.1) is 0 Å². The molecule has 0 saturated carbocycles. The third kappa shape index (κ3) is 4.55. The molecule has 1 unspecified atom stereocenters. The minimum absolute atomic E-state index is 0.0317. The summed E-state index contributed by atoms with van der Waals surface area (Å²) in [7, 11) is 0. The lowest BCUT2D eigenvalue weighted by molar-refractivity contribution is -0.206. The molecule has 0 fully saturated rings. The first-order chi connectivity index (χ1) is 13.2. The molecule has 0 spiro atoms. The number of nitrogens with one attached hydrogen (secondary N) is 1. The van der Waals surface area contributed by atoms with E-state index >= 15 is 0 Å². The highest BCUT2D eigenvalue weighted by atomic mass is 19.4. The summed E-state index contributed by atoms with van der Waals surface area (Å²) in [5.41, 5.74) is 1.03. The van der Waals surface area contributed by atoms with Crippen molar-refractivity contribution in [3.05, 3.63) is 71.6 Å². The van der Waals surface area contributed by atoms with E-state index in [9.17, 15) is 23.1 Å². The van der Waals surface area contributed by atoms with Gasteiger partial charge in [0.2, 0.25) is 5.89 Å². The van der Waals surface area contributed by atoms with Crippen LogP contribution in [0, 0.1) is 6.92 Å². The molecular formula is C19H16F3N3O3. The van der Waals surface area contributed by atoms with Gasteiger partial charge in [-0.25, -0.2) is 4.98 Å². The van der Waals surface area contributed by atoms with E-state index < -0.39 is 23.8 Å². The molecule has 0 aliphatic rings. The average Bonchev–Trinajstić information content (AvgIpc) is 3.18. The monoisotopic (exact) mass is 391 g/mol. The van der Waals surface area contributed by atoms with Crippen LogP contribution in [0.1, 0.15) is 33.5 Å². The van der Waals surface area contributed by atoms with Crippen molar-refractivity contribution in [3.63, 3.8) is 0 Å². The maximum absolute atomic E-state index is 13.0. The van der Waals surface area contributed by atoms with Crippen LogP contribution in [0.5, 0.6) is 0 Å². The number of aliphatic hydroxyl groups is 1. The predicted molar refractivity (Wildman–Crippen MR) is 93.1 cm³/mol. The van der Waals surface area contributed by atoms with E-state index in [0.29, 0.717) is 5.69 Å². The maximum Gasteiger partial charge on any atom is 0.418 e. The van der Waals surface area contributed by atoms with Gasteiger partial charge in [0.25, 0.3) is 5.91 Å². The van der Waals surface area contributed by atoms with Gasteiger partial charge in [0.1, 0.15) is 6.26 Å². The van der Waals surface area contributed by atoms with E-state index in [0.717, 1.165) is 11.6 Å². The number of benzene rings is 1. The van der Waals surface area contributed by atoms with Gasteiger partial charge in [-0.2, -0.15) is 13.2 Å². The van der Waals surface area contributed by atoms with Crippen molar-refractivity contribution in [3.8, 4) is 11.3 Å². The molecule has 0 radical (unpaired) electrons. The number of pyridine rings is 1. The van der Waals surface area contributed by atoms with E-state index in [-0.39, 0.29) is 23.6 Å². The molecule has 1 aromatic carbocycles. The van der Waals surface area contributed by atoms with Crippen LogP contribution in [0.3, 0.4) is 0 Å². The fourth-order valence-corrected chi connectivity index (χ4v) is 2.51. The quantitative estimate of drug-likeness (QED) is 0.694. The average molecular weight is 391 g/mol. The molecule has 3 rings (SSSR count). The van der Waals surface area contributed by atoms with E-state index in [4.69, 9.17) is 4.42 Å². The van der Waals surface area contributed by atoms with Gasteiger partial charge >= 0.3 is 6.18 Å². The Bertz CT molecular complexity index is 955. The number of hydrogen-bond donors (Lipinski definition) is 2. The van der Waals surface area contributed by atoms with Gasteiger partial charge < -0.3 is 14.8 Å². The number of nitrogens with zero attached hydrogens (tertiary/aromatic N) is 2. The highest BCUT2D eigenvalue weighted by Crippen LogP contribution is 2.34. The maximum atomic E-state index is 13.0. The molecule has 28 heavy (non-hydrogen) atoms. The zero-order chi connectivity index (χ0) is 20.3. The summed E-state index contributed by atoms with van der Waals surface area (Å²) in [5, 5.41) is 12.2. The minimum atomic E-state index is -4.87. The van der Waals surface area contributed by atoms with Crippen molar-refractivity contribution in [1.29, 1.82) is 0 Å². The first-order valence-electron chi connectivity index (χ1n) is 8.23. The van der Waals surface area contributed by atoms with Gasteiger partial charge in [0, 0.05) is 17.3 Å². The summed E-state index contributed by atoms with van der Waals surface area (Å²) in [6, 6.07) is 6.96. The first kappa shape index (κ1) is 19.6. The number of oxazole rings is 1. The fraction of sp³-hybridized carbons (Fsp3) is 0.211. The number of carbonyl (C=O) groups excluding carboxylic acids is 1. The van der Waals surface area contributed by atoms with Crippen molar-refractivity contribution in [2.24, 2.45) is 0 Å². The lowest BCUT2D eigenvalue weighted by Crippen LogP contribution is -2.24. The Labute approximate surface area is 158 Å². The number of amides is 1. The Hall–Kier alpha value is -3.20. The Morgan fingerprint density at radius 2 is 2.04 bits per heavy atom. The number of alkyl halides is 3. The molecule has 6 nitrogen and oxygen atoms in total. The molecule has 0 saturated heterocycles. The normalized spacial score (nSPS) is 12.6. The Kier molecular flexibility index (Phi) is 5.46. The molecule has 3 aromatic rings. The van der Waals surface area contributed by atoms with Crippen molar-refractivity contribution < 1.29 is 27.5 Å². The predicted octanol–water partition coefficient (Wildman–Crippen LogP) is 3.57. The highest BCUT2D eigenvalue weighted by molar-refractivity contribution is 5.95. The largest absolute Gasteiger partial charge is 0.447 e. The molecular weight excluding hydrogens is 375 g/mol. The summed E-state index contributed by atoms with van der Waals surface area (Å²) in [6.45, 7) is 1.79. The Morgan fingerprint density at radius 3 is 2.64 bits per heavy atom. The third-order valence-electron chi connectivity index (χ3n) is 3.93. The number of rotatable bonds is 5. The van der Waals surface area contributed by atoms with Gasteiger partial charge in [-0.05, 0) is 42.3 Å². The second-order valence-electron chi connectivity index (χ2n) is 6.12. The van der Waals surface area contributed by atoms with E-state index in [2.05, 4.69) is 15.3 Å². The van der Waals surface area contributed by atoms with Crippen molar-refractivity contribution in [2.45, 2.75) is 25.7 Å². The number of aromatic nitrogens is 2. The molecule has 2 N–H and O–H groups in total. The van der Waals surface area contributed by atoms with E-state index in [1.807, 2.05) is 6.92 Å². The van der Waals surface area contributed by atoms with Gasteiger partial charge in [-0.3, -0.25) is 9.78 Å². The summed E-state index contributed by atoms with van der Waals surface area (Å²) in [4.78, 5) is 20.5. The molecule has 1 atom stereocenters. The van der Waals surface area contributed by atoms with Gasteiger partial charge in [0.15, 0.2) is 6.10 Å². The lowest BCUT2D eigenvalue weighted by atomic mass is 9.99. The number of aryl methyl sites for hydroxylation is 1. The number of halogens is 3. The summed E-state index contributed by atoms with van der Waals surface area (Å²) in [5.74, 6) is -0.386. The van der Waals surface area contributed by atoms with Crippen LogP contribution in [0.25, 0.3) is 11.3 Å². The molecule has 0 aliphatic heterocycles. The van der Waals surface area contributed by atoms with Crippen LogP contribution >= 0.6 is 0 Å². The number of aliphatic hydroxyl groups excluding tert-OH is 1. The second-order valence-corrected chi connectivity index (χ2v) is 6.12. The topological polar surface area (TPSA) is 88.2 Å². The minimum Gasteiger partial charge on any atom is -0.447 e. The first-order valence-corrected chi connectivity index (χ1v) is 8.23. The van der Waals surface area contributed by atoms with Crippen LogP contribution in [0.2, 0.25) is 0 Å². The zero-order valence-corrected chi connectivity index (χ0v) is 14.7. The molecule has 9 heteroatoms. The fourth-order valence-electron chi connectivity index (χ4n) is 2.51. The highest BCUT2D eigenvalue weighted by Gasteiger charge is 2.39. The molecule has 0 aliphatic carbocycles. The van der Waals surface area contributed by atoms with E-state index in [1.165, 1.54) is 24.6 Å². The standard InChI is InChI=1S/C19H16F3N3O3/c1-11-2-3-15(24-9-11)12-6-13(17(26)19(20,21)22)8-14(7-12)18(27)25-10-16-23-4-5-28-16/h2-9,17,26H,10H2,1H3,(H,25,27). The zero-order valence-electron chi connectivity index (χ0n) is 14.7. The van der Waals surface area contributed by atoms with Crippen LogP contribution in [0.15, 0.2) is 53.4 Å². The van der Waals surface area contributed by atoms with Crippen molar-refractivity contribution in [1.82, 2.24) is 15.3 Å². The smallest absolute Gasteiger partial charge is 0.418 e. The van der Waals surface area contributed by atoms with Gasteiger partial charge in [0.05, 0.1) is 18.4 Å². The summed E-state index contributed by atoms with van der Waals surface area (Å²) in [6.07, 6.45) is -3.29. The molecule has 0 bridgehead atoms. The van der Waals surface area contributed by atoms with Crippen LogP contribution in [-0.2, 0) is 6.54 Å². The third-order valence-corrected chi connectivity index (χ3v) is 3.93. The van der Waals surface area contributed by atoms with Gasteiger partial charge in [-0.1, -0.05) is 6.07 Å². The number of carbonyl (C=O) groups is 1. The van der Waals surface area contributed by atoms with Crippen LogP contribution in [0.4, 0.5) is 13.2 Å². The summed E-state index contributed by atoms with van der Waals surface area (Å²) < 4.78 is 44.0. The molecule has 1 amide bonds. The Morgan fingerprint density at radius 1 is 1.25 bits per heavy atom. The van der Waals surface area contributed by atoms with E-state index in [1.54, 1.807) is 18.3 Å². The van der Waals surface area contributed by atoms with Crippen LogP contribution in [-0.4, -0.2) is 27.2 Å². The molecule has 2 aromatic heterocycles. The van der Waals surface area contributed by atoms with Crippen LogP contribution < -0.4 is 5.32 Å². The molecule has 146 valence electrons. The van der Waals surface area contributed by atoms with Crippen molar-refractivity contribution in [2.75, 3.05) is 0 Å². The SMILES string of the molecule is Cc1ccc(-c2cc(C(=O)NCc3ncco3)cc(C(O)C(F)(F)F)c2)nc1. The number of hydrogen-bond acceptors (Lipinski definition) is 5. The summed E-state index contributed by atoms with van der Waals surface area (Å²) >= 11 is 0. The van der Waals surface area contributed by atoms with Crippen molar-refractivity contribution >= 4 is 5.91 Å². The Balaban J connectivity index is 1.96.